The number of hydrogen-bond acceptors (Lipinski definition) is 6. The third-order valence-corrected chi connectivity index (χ3v) is 3.22. The molecule has 0 saturated heterocycles. The van der Waals surface area contributed by atoms with Gasteiger partial charge in [-0.2, -0.15) is 16.3 Å². The summed E-state index contributed by atoms with van der Waals surface area (Å²) in [5.74, 6) is 1.01. The summed E-state index contributed by atoms with van der Waals surface area (Å²) in [6, 6.07) is 1.62. The molecule has 0 spiro atoms. The van der Waals surface area contributed by atoms with Gasteiger partial charge in [0.2, 0.25) is 11.7 Å². The SMILES string of the molecule is N[C@@H](Cc1cnc[nH]1)c1nc(-c2ccsc2)no1. The summed E-state index contributed by atoms with van der Waals surface area (Å²) >= 11 is 1.59. The molecule has 0 aliphatic heterocycles. The summed E-state index contributed by atoms with van der Waals surface area (Å²) in [6.07, 6.45) is 3.94. The van der Waals surface area contributed by atoms with Crippen molar-refractivity contribution in [3.8, 4) is 11.4 Å². The van der Waals surface area contributed by atoms with Gasteiger partial charge >= 0.3 is 0 Å². The molecule has 0 aliphatic rings. The highest BCUT2D eigenvalue weighted by atomic mass is 32.1. The Morgan fingerprint density at radius 2 is 2.44 bits per heavy atom. The highest BCUT2D eigenvalue weighted by Crippen LogP contribution is 2.21. The summed E-state index contributed by atoms with van der Waals surface area (Å²) < 4.78 is 5.18. The molecular formula is C11H11N5OS. The van der Waals surface area contributed by atoms with Crippen molar-refractivity contribution in [3.05, 3.63) is 40.9 Å². The minimum Gasteiger partial charge on any atom is -0.348 e. The zero-order chi connectivity index (χ0) is 12.4. The van der Waals surface area contributed by atoms with Gasteiger partial charge in [-0.3, -0.25) is 0 Å². The molecule has 0 unspecified atom stereocenters. The molecule has 0 fully saturated rings. The fourth-order valence-electron chi connectivity index (χ4n) is 1.62. The van der Waals surface area contributed by atoms with Crippen molar-refractivity contribution in [2.24, 2.45) is 5.73 Å². The van der Waals surface area contributed by atoms with Gasteiger partial charge in [0.05, 0.1) is 12.4 Å². The number of H-pyrrole nitrogens is 1. The van der Waals surface area contributed by atoms with E-state index in [0.717, 1.165) is 11.3 Å². The number of nitrogens with zero attached hydrogens (tertiary/aromatic N) is 3. The lowest BCUT2D eigenvalue weighted by atomic mass is 10.2. The van der Waals surface area contributed by atoms with Crippen LogP contribution in [0.1, 0.15) is 17.6 Å². The van der Waals surface area contributed by atoms with Gasteiger partial charge in [0.1, 0.15) is 0 Å². The van der Waals surface area contributed by atoms with E-state index in [4.69, 9.17) is 10.3 Å². The van der Waals surface area contributed by atoms with E-state index < -0.39 is 0 Å². The average molecular weight is 261 g/mol. The van der Waals surface area contributed by atoms with E-state index in [1.807, 2.05) is 16.8 Å². The Hall–Kier alpha value is -1.99. The van der Waals surface area contributed by atoms with E-state index in [-0.39, 0.29) is 6.04 Å². The van der Waals surface area contributed by atoms with Gasteiger partial charge in [-0.15, -0.1) is 0 Å². The van der Waals surface area contributed by atoms with Gasteiger partial charge in [0.15, 0.2) is 0 Å². The van der Waals surface area contributed by atoms with Crippen LogP contribution in [0, 0.1) is 0 Å². The van der Waals surface area contributed by atoms with Crippen molar-refractivity contribution < 1.29 is 4.52 Å². The second kappa shape index (κ2) is 4.71. The predicted octanol–water partition coefficient (Wildman–Crippen LogP) is 1.76. The Balaban J connectivity index is 1.77. The van der Waals surface area contributed by atoms with Crippen molar-refractivity contribution >= 4 is 11.3 Å². The molecule has 3 aromatic heterocycles. The largest absolute Gasteiger partial charge is 0.348 e. The molecule has 0 amide bonds. The first-order valence-electron chi connectivity index (χ1n) is 5.42. The van der Waals surface area contributed by atoms with Crippen molar-refractivity contribution in [1.82, 2.24) is 20.1 Å². The van der Waals surface area contributed by atoms with E-state index in [2.05, 4.69) is 20.1 Å². The van der Waals surface area contributed by atoms with Crippen LogP contribution < -0.4 is 5.73 Å². The molecule has 0 radical (unpaired) electrons. The molecule has 6 nitrogen and oxygen atoms in total. The summed E-state index contributed by atoms with van der Waals surface area (Å²) in [7, 11) is 0. The lowest BCUT2D eigenvalue weighted by Crippen LogP contribution is -2.13. The Labute approximate surface area is 107 Å². The number of nitrogens with two attached hydrogens (primary N) is 1. The number of hydrogen-bond donors (Lipinski definition) is 2. The van der Waals surface area contributed by atoms with E-state index in [1.54, 1.807) is 23.9 Å². The third-order valence-electron chi connectivity index (χ3n) is 2.53. The maximum atomic E-state index is 6.01. The second-order valence-corrected chi connectivity index (χ2v) is 4.64. The Morgan fingerprint density at radius 3 is 3.17 bits per heavy atom. The zero-order valence-electron chi connectivity index (χ0n) is 9.41. The predicted molar refractivity (Wildman–Crippen MR) is 66.8 cm³/mol. The lowest BCUT2D eigenvalue weighted by Gasteiger charge is -2.03. The molecule has 0 saturated carbocycles. The highest BCUT2D eigenvalue weighted by molar-refractivity contribution is 7.08. The first kappa shape index (κ1) is 11.1. The Kier molecular flexibility index (Phi) is 2.91. The van der Waals surface area contributed by atoms with E-state index in [9.17, 15) is 0 Å². The number of aromatic amines is 1. The van der Waals surface area contributed by atoms with Crippen LogP contribution in [0.25, 0.3) is 11.4 Å². The monoisotopic (exact) mass is 261 g/mol. The first-order chi connectivity index (χ1) is 8.83. The smallest absolute Gasteiger partial charge is 0.244 e. The maximum absolute atomic E-state index is 6.01. The van der Waals surface area contributed by atoms with Crippen LogP contribution in [0.3, 0.4) is 0 Å². The quantitative estimate of drug-likeness (QED) is 0.746. The molecule has 7 heteroatoms. The van der Waals surface area contributed by atoms with E-state index in [0.29, 0.717) is 18.1 Å². The number of imidazole rings is 1. The van der Waals surface area contributed by atoms with Crippen LogP contribution in [0.15, 0.2) is 33.9 Å². The highest BCUT2D eigenvalue weighted by Gasteiger charge is 2.16. The third kappa shape index (κ3) is 2.18. The summed E-state index contributed by atoms with van der Waals surface area (Å²) in [5, 5.41) is 7.86. The van der Waals surface area contributed by atoms with Gasteiger partial charge in [-0.05, 0) is 11.4 Å². The van der Waals surface area contributed by atoms with Gasteiger partial charge in [0.25, 0.3) is 0 Å². The topological polar surface area (TPSA) is 93.6 Å². The van der Waals surface area contributed by atoms with Crippen molar-refractivity contribution in [1.29, 1.82) is 0 Å². The van der Waals surface area contributed by atoms with Crippen LogP contribution in [0.5, 0.6) is 0 Å². The fourth-order valence-corrected chi connectivity index (χ4v) is 2.25. The molecule has 3 aromatic rings. The second-order valence-electron chi connectivity index (χ2n) is 3.86. The van der Waals surface area contributed by atoms with E-state index in [1.165, 1.54) is 0 Å². The van der Waals surface area contributed by atoms with Crippen LogP contribution >= 0.6 is 11.3 Å². The zero-order valence-corrected chi connectivity index (χ0v) is 10.2. The molecule has 18 heavy (non-hydrogen) atoms. The van der Waals surface area contributed by atoms with Gasteiger partial charge in [0, 0.05) is 29.3 Å². The number of thiophene rings is 1. The van der Waals surface area contributed by atoms with Crippen molar-refractivity contribution in [2.45, 2.75) is 12.5 Å². The van der Waals surface area contributed by atoms with Crippen LogP contribution in [0.2, 0.25) is 0 Å². The average Bonchev–Trinajstić information content (AvgIpc) is 3.11. The maximum Gasteiger partial charge on any atom is 0.244 e. The first-order valence-corrected chi connectivity index (χ1v) is 6.36. The van der Waals surface area contributed by atoms with Crippen LogP contribution in [-0.2, 0) is 6.42 Å². The molecule has 3 heterocycles. The lowest BCUT2D eigenvalue weighted by molar-refractivity contribution is 0.354. The Bertz CT molecular complexity index is 601. The van der Waals surface area contributed by atoms with Gasteiger partial charge in [-0.1, -0.05) is 5.16 Å². The molecule has 0 bridgehead atoms. The van der Waals surface area contributed by atoms with Crippen LogP contribution in [-0.4, -0.2) is 20.1 Å². The van der Waals surface area contributed by atoms with Gasteiger partial charge in [-0.25, -0.2) is 4.98 Å². The van der Waals surface area contributed by atoms with Gasteiger partial charge < -0.3 is 15.2 Å². The standard InChI is InChI=1S/C11H11N5OS/c12-9(3-8-4-13-6-14-8)11-15-10(16-17-11)7-1-2-18-5-7/h1-2,4-6,9H,3,12H2,(H,13,14)/t9-/m0/s1. The summed E-state index contributed by atoms with van der Waals surface area (Å²) in [4.78, 5) is 11.2. The minimum atomic E-state index is -0.328. The Morgan fingerprint density at radius 1 is 1.50 bits per heavy atom. The summed E-state index contributed by atoms with van der Waals surface area (Å²) in [6.45, 7) is 0. The normalized spacial score (nSPS) is 12.7. The summed E-state index contributed by atoms with van der Waals surface area (Å²) in [5.41, 5.74) is 7.90. The van der Waals surface area contributed by atoms with Crippen molar-refractivity contribution in [3.63, 3.8) is 0 Å². The minimum absolute atomic E-state index is 0.328. The molecular weight excluding hydrogens is 250 g/mol. The molecule has 3 N–H and O–H groups in total. The number of nitrogens with one attached hydrogen (secondary N) is 1. The number of rotatable bonds is 4. The van der Waals surface area contributed by atoms with E-state index >= 15 is 0 Å². The molecule has 0 aliphatic carbocycles. The fraction of sp³-hybridized carbons (Fsp3) is 0.182. The number of aromatic nitrogens is 4. The molecule has 3 rings (SSSR count). The molecule has 1 atom stereocenters. The van der Waals surface area contributed by atoms with Crippen molar-refractivity contribution in [2.75, 3.05) is 0 Å². The molecule has 92 valence electrons. The van der Waals surface area contributed by atoms with Crippen LogP contribution in [0.4, 0.5) is 0 Å². The molecule has 0 aromatic carbocycles.